The Hall–Kier alpha value is 0.00234. The predicted octanol–water partition coefficient (Wildman–Crippen LogP) is -3.32. The quantitative estimate of drug-likeness (QED) is 0.396. The summed E-state index contributed by atoms with van der Waals surface area (Å²) in [7, 11) is 0. The molecule has 0 N–H and O–H groups in total. The van der Waals surface area contributed by atoms with Gasteiger partial charge in [0.25, 0.3) is 0 Å². The van der Waals surface area contributed by atoms with E-state index in [9.17, 15) is 0 Å². The van der Waals surface area contributed by atoms with Crippen LogP contribution in [0.3, 0.4) is 0 Å². The Morgan fingerprint density at radius 1 is 0.727 bits per heavy atom. The minimum absolute atomic E-state index is 0. The van der Waals surface area contributed by atoms with Gasteiger partial charge in [0.1, 0.15) is 0 Å². The first-order chi connectivity index (χ1) is 4.00. The molecule has 0 aliphatic heterocycles. The monoisotopic (exact) mass is 252 g/mol. The molecule has 0 saturated heterocycles. The minimum Gasteiger partial charge on any atom is -1.00 e. The van der Waals surface area contributed by atoms with Crippen LogP contribution in [0.25, 0.3) is 0 Å². The molecular weight excluding hydrogens is 241 g/mol. The van der Waals surface area contributed by atoms with E-state index in [0.717, 1.165) is 0 Å². The number of hydrogen-bond donors (Lipinski definition) is 0. The van der Waals surface area contributed by atoms with Crippen LogP contribution in [-0.4, -0.2) is 0 Å². The van der Waals surface area contributed by atoms with Crippen LogP contribution in [0.15, 0.2) is 24.3 Å². The van der Waals surface area contributed by atoms with Gasteiger partial charge in [0, 0.05) is 0 Å². The van der Waals surface area contributed by atoms with E-state index in [1.807, 2.05) is 0 Å². The Balaban J connectivity index is -0.000000213. The summed E-state index contributed by atoms with van der Waals surface area (Å²) in [5.74, 6) is 0. The molecule has 1 rings (SSSR count). The van der Waals surface area contributed by atoms with Crippen molar-refractivity contribution < 1.29 is 29.8 Å². The topological polar surface area (TPSA) is 0 Å². The van der Waals surface area contributed by atoms with E-state index in [-0.39, 0.29) is 29.8 Å². The molecule has 0 radical (unpaired) electrons. The molecule has 0 atom stereocenters. The fourth-order valence-corrected chi connectivity index (χ4v) is 0.874. The van der Waals surface area contributed by atoms with Crippen LogP contribution in [0.2, 0.25) is 0 Å². The zero-order valence-corrected chi connectivity index (χ0v) is 7.76. The van der Waals surface area contributed by atoms with Crippen molar-refractivity contribution >= 4 is 0 Å². The fourth-order valence-electron chi connectivity index (χ4n) is 0.874. The van der Waals surface area contributed by atoms with Crippen molar-refractivity contribution in [3.05, 3.63) is 24.3 Å². The first kappa shape index (κ1) is 17.2. The number of allylic oxidation sites excluding steroid dienone is 4. The second-order valence-electron chi connectivity index (χ2n) is 2.14. The molecule has 0 spiro atoms. The molecule has 1 aliphatic rings. The van der Waals surface area contributed by atoms with Gasteiger partial charge in [-0.3, -0.25) is 0 Å². The molecule has 0 unspecified atom stereocenters. The first-order valence-electron chi connectivity index (χ1n) is 3.32. The van der Waals surface area contributed by atoms with Gasteiger partial charge in [0.15, 0.2) is 0 Å². The van der Waals surface area contributed by atoms with Gasteiger partial charge in [-0.05, 0) is 25.7 Å². The van der Waals surface area contributed by atoms with Crippen molar-refractivity contribution in [1.29, 1.82) is 0 Å². The maximum atomic E-state index is 2.23. The third-order valence-electron chi connectivity index (χ3n) is 1.37. The molecule has 68 valence electrons. The largest absolute Gasteiger partial charge is 2.00 e. The SMILES string of the molecule is C1=C\CCCC\C=C/1.[F-].[F-].[Pd+2]. The van der Waals surface area contributed by atoms with Gasteiger partial charge in [-0.15, -0.1) is 0 Å². The zero-order valence-electron chi connectivity index (χ0n) is 6.21. The van der Waals surface area contributed by atoms with Gasteiger partial charge in [-0.1, -0.05) is 24.3 Å². The van der Waals surface area contributed by atoms with E-state index in [4.69, 9.17) is 0 Å². The summed E-state index contributed by atoms with van der Waals surface area (Å²) >= 11 is 0. The molecule has 0 fully saturated rings. The van der Waals surface area contributed by atoms with Crippen molar-refractivity contribution in [2.45, 2.75) is 25.7 Å². The van der Waals surface area contributed by atoms with Gasteiger partial charge in [-0.25, -0.2) is 0 Å². The molecule has 0 aromatic carbocycles. The molecule has 1 aliphatic carbocycles. The van der Waals surface area contributed by atoms with Crippen molar-refractivity contribution in [2.75, 3.05) is 0 Å². The smallest absolute Gasteiger partial charge is 1.00 e. The van der Waals surface area contributed by atoms with Gasteiger partial charge < -0.3 is 9.41 Å². The Kier molecular flexibility index (Phi) is 19.8. The van der Waals surface area contributed by atoms with Crippen LogP contribution in [-0.2, 0) is 20.4 Å². The first-order valence-corrected chi connectivity index (χ1v) is 3.32. The molecule has 3 heteroatoms. The van der Waals surface area contributed by atoms with Crippen molar-refractivity contribution in [2.24, 2.45) is 0 Å². The average molecular weight is 253 g/mol. The molecule has 0 nitrogen and oxygen atoms in total. The normalized spacial score (nSPS) is 20.4. The summed E-state index contributed by atoms with van der Waals surface area (Å²) in [6.45, 7) is 0. The van der Waals surface area contributed by atoms with E-state index in [1.165, 1.54) is 25.7 Å². The summed E-state index contributed by atoms with van der Waals surface area (Å²) in [5.41, 5.74) is 0. The van der Waals surface area contributed by atoms with Crippen molar-refractivity contribution in [1.82, 2.24) is 0 Å². The van der Waals surface area contributed by atoms with Crippen molar-refractivity contribution in [3.63, 3.8) is 0 Å². The van der Waals surface area contributed by atoms with Crippen LogP contribution in [0.5, 0.6) is 0 Å². The van der Waals surface area contributed by atoms with Crippen molar-refractivity contribution in [3.8, 4) is 0 Å². The third kappa shape index (κ3) is 10.0. The Bertz CT molecular complexity index is 96.7. The van der Waals surface area contributed by atoms with E-state index in [1.54, 1.807) is 0 Å². The van der Waals surface area contributed by atoms with Gasteiger partial charge in [0.05, 0.1) is 0 Å². The molecule has 0 aromatic heterocycles. The standard InChI is InChI=1S/C8H12.2FH.Pd/c1-2-4-6-8-7-5-3-1;;;/h1-4H,5-8H2;2*1H;/q;;;+2/p-2/b3-1-,4-2-;;;. The fraction of sp³-hybridized carbons (Fsp3) is 0.500. The molecule has 0 bridgehead atoms. The zero-order chi connectivity index (χ0) is 5.66. The Morgan fingerprint density at radius 2 is 1.09 bits per heavy atom. The van der Waals surface area contributed by atoms with Crippen LogP contribution < -0.4 is 9.41 Å². The van der Waals surface area contributed by atoms with E-state index < -0.39 is 0 Å². The molecule has 11 heavy (non-hydrogen) atoms. The van der Waals surface area contributed by atoms with Crippen LogP contribution >= 0.6 is 0 Å². The van der Waals surface area contributed by atoms with Gasteiger partial charge in [-0.2, -0.15) is 0 Å². The molecule has 0 heterocycles. The predicted molar refractivity (Wildman–Crippen MR) is 36.7 cm³/mol. The summed E-state index contributed by atoms with van der Waals surface area (Å²) < 4.78 is 0. The minimum atomic E-state index is 0. The second kappa shape index (κ2) is 12.7. The average Bonchev–Trinajstić information content (AvgIpc) is 1.62. The molecular formula is C8H12F2Pd. The summed E-state index contributed by atoms with van der Waals surface area (Å²) in [6.07, 6.45) is 14.0. The number of rotatable bonds is 0. The Labute approximate surface area is 80.1 Å². The van der Waals surface area contributed by atoms with Crippen LogP contribution in [0, 0.1) is 0 Å². The van der Waals surface area contributed by atoms with Crippen LogP contribution in [0.1, 0.15) is 25.7 Å². The maximum Gasteiger partial charge on any atom is 2.00 e. The van der Waals surface area contributed by atoms with Gasteiger partial charge >= 0.3 is 20.4 Å². The molecule has 0 aromatic rings. The van der Waals surface area contributed by atoms with E-state index >= 15 is 0 Å². The van der Waals surface area contributed by atoms with E-state index in [0.29, 0.717) is 0 Å². The third-order valence-corrected chi connectivity index (χ3v) is 1.37. The van der Waals surface area contributed by atoms with Gasteiger partial charge in [0.2, 0.25) is 0 Å². The van der Waals surface area contributed by atoms with Crippen LogP contribution in [0.4, 0.5) is 0 Å². The number of halogens is 2. The maximum absolute atomic E-state index is 2.23. The number of hydrogen-bond acceptors (Lipinski definition) is 0. The summed E-state index contributed by atoms with van der Waals surface area (Å²) in [6, 6.07) is 0. The van der Waals surface area contributed by atoms with E-state index in [2.05, 4.69) is 24.3 Å². The Morgan fingerprint density at radius 3 is 1.45 bits per heavy atom. The second-order valence-corrected chi connectivity index (χ2v) is 2.14. The molecule has 0 amide bonds. The molecule has 0 saturated carbocycles. The summed E-state index contributed by atoms with van der Waals surface area (Å²) in [5, 5.41) is 0. The summed E-state index contributed by atoms with van der Waals surface area (Å²) in [4.78, 5) is 0.